The van der Waals surface area contributed by atoms with E-state index in [-0.39, 0.29) is 37.4 Å². The van der Waals surface area contributed by atoms with Crippen molar-refractivity contribution in [2.24, 2.45) is 5.92 Å². The fourth-order valence-electron chi connectivity index (χ4n) is 3.49. The number of benzene rings is 1. The molecular formula is C18H22N2O5. The molecule has 1 N–H and O–H groups in total. The third-order valence-electron chi connectivity index (χ3n) is 4.95. The van der Waals surface area contributed by atoms with E-state index < -0.39 is 17.9 Å². The summed E-state index contributed by atoms with van der Waals surface area (Å²) in [6.07, 6.45) is 0.125. The summed E-state index contributed by atoms with van der Waals surface area (Å²) in [6.45, 7) is 2.81. The van der Waals surface area contributed by atoms with Crippen molar-refractivity contribution in [2.45, 2.75) is 25.4 Å². The lowest BCUT2D eigenvalue weighted by molar-refractivity contribution is -0.160. The lowest BCUT2D eigenvalue weighted by Crippen LogP contribution is -2.54. The van der Waals surface area contributed by atoms with Crippen LogP contribution < -0.4 is 0 Å². The van der Waals surface area contributed by atoms with Gasteiger partial charge < -0.3 is 19.6 Å². The van der Waals surface area contributed by atoms with Crippen LogP contribution in [-0.2, 0) is 19.1 Å². The Hall–Kier alpha value is -2.41. The zero-order valence-corrected chi connectivity index (χ0v) is 14.1. The number of amides is 2. The molecule has 1 aromatic carbocycles. The largest absolute Gasteiger partial charge is 0.480 e. The Balaban J connectivity index is 1.71. The molecule has 0 aromatic heterocycles. The lowest BCUT2D eigenvalue weighted by atomic mass is 10.0. The summed E-state index contributed by atoms with van der Waals surface area (Å²) < 4.78 is 5.17. The highest BCUT2D eigenvalue weighted by molar-refractivity contribution is 5.91. The molecule has 0 unspecified atom stereocenters. The van der Waals surface area contributed by atoms with Gasteiger partial charge in [-0.15, -0.1) is 0 Å². The Morgan fingerprint density at radius 2 is 2.00 bits per heavy atom. The number of rotatable bonds is 4. The molecule has 7 heteroatoms. The van der Waals surface area contributed by atoms with Crippen LogP contribution in [0.4, 0.5) is 0 Å². The molecular weight excluding hydrogens is 324 g/mol. The minimum absolute atomic E-state index is 0.00806. The van der Waals surface area contributed by atoms with Crippen LogP contribution >= 0.6 is 0 Å². The molecule has 7 nitrogen and oxygen atoms in total. The predicted octanol–water partition coefficient (Wildman–Crippen LogP) is 0.908. The molecule has 134 valence electrons. The van der Waals surface area contributed by atoms with Gasteiger partial charge >= 0.3 is 5.97 Å². The van der Waals surface area contributed by atoms with Crippen LogP contribution in [0.3, 0.4) is 0 Å². The smallest absolute Gasteiger partial charge is 0.328 e. The number of nitrogens with zero attached hydrogens (tertiary/aromatic N) is 2. The summed E-state index contributed by atoms with van der Waals surface area (Å²) in [5.41, 5.74) is 1.01. The summed E-state index contributed by atoms with van der Waals surface area (Å²) in [4.78, 5) is 39.6. The highest BCUT2D eigenvalue weighted by Gasteiger charge is 2.42. The van der Waals surface area contributed by atoms with E-state index in [2.05, 4.69) is 0 Å². The maximum absolute atomic E-state index is 12.8. The third kappa shape index (κ3) is 3.51. The van der Waals surface area contributed by atoms with Gasteiger partial charge in [-0.3, -0.25) is 9.59 Å². The summed E-state index contributed by atoms with van der Waals surface area (Å²) in [6, 6.07) is 8.56. The fourth-order valence-corrected chi connectivity index (χ4v) is 3.49. The van der Waals surface area contributed by atoms with E-state index in [4.69, 9.17) is 4.74 Å². The van der Waals surface area contributed by atoms with Gasteiger partial charge in [-0.25, -0.2) is 4.79 Å². The first-order valence-corrected chi connectivity index (χ1v) is 8.44. The number of carboxylic acid groups (broad SMARTS) is 1. The Kier molecular flexibility index (Phi) is 5.03. The molecule has 0 saturated carbocycles. The third-order valence-corrected chi connectivity index (χ3v) is 4.95. The van der Waals surface area contributed by atoms with Gasteiger partial charge in [0.25, 0.3) is 0 Å². The number of carbonyl (C=O) groups excluding carboxylic acids is 2. The Morgan fingerprint density at radius 1 is 1.28 bits per heavy atom. The van der Waals surface area contributed by atoms with Gasteiger partial charge in [0.1, 0.15) is 0 Å². The Bertz CT molecular complexity index is 663. The number of likely N-dealkylation sites (tertiary alicyclic amines) is 1. The molecule has 3 rings (SSSR count). The van der Waals surface area contributed by atoms with Gasteiger partial charge in [0.2, 0.25) is 11.8 Å². The van der Waals surface area contributed by atoms with Crippen LogP contribution in [-0.4, -0.2) is 65.0 Å². The first kappa shape index (κ1) is 17.4. The number of aliphatic carboxylic acids is 1. The van der Waals surface area contributed by atoms with Gasteiger partial charge in [-0.2, -0.15) is 0 Å². The van der Waals surface area contributed by atoms with E-state index in [1.54, 1.807) is 4.90 Å². The van der Waals surface area contributed by atoms with Crippen LogP contribution in [0.15, 0.2) is 30.3 Å². The number of hydrogen-bond donors (Lipinski definition) is 1. The second kappa shape index (κ2) is 7.23. The Labute approximate surface area is 146 Å². The quantitative estimate of drug-likeness (QED) is 0.876. The number of ether oxygens (including phenoxy) is 1. The molecule has 0 bridgehead atoms. The summed E-state index contributed by atoms with van der Waals surface area (Å²) in [7, 11) is 0. The van der Waals surface area contributed by atoms with Gasteiger partial charge in [-0.1, -0.05) is 30.3 Å². The van der Waals surface area contributed by atoms with Crippen molar-refractivity contribution in [1.82, 2.24) is 9.80 Å². The number of carboxylic acids is 1. The summed E-state index contributed by atoms with van der Waals surface area (Å²) in [5.74, 6) is -1.92. The molecule has 3 atom stereocenters. The normalized spacial score (nSPS) is 25.1. The van der Waals surface area contributed by atoms with Gasteiger partial charge in [0.15, 0.2) is 6.04 Å². The van der Waals surface area contributed by atoms with Crippen LogP contribution in [0.25, 0.3) is 0 Å². The van der Waals surface area contributed by atoms with Crippen LogP contribution in [0.2, 0.25) is 0 Å². The van der Waals surface area contributed by atoms with Crippen molar-refractivity contribution >= 4 is 17.8 Å². The van der Waals surface area contributed by atoms with Crippen molar-refractivity contribution < 1.29 is 24.2 Å². The van der Waals surface area contributed by atoms with Gasteiger partial charge in [-0.05, 0) is 12.5 Å². The first-order chi connectivity index (χ1) is 12.0. The first-order valence-electron chi connectivity index (χ1n) is 8.44. The molecule has 2 fully saturated rings. The molecule has 0 radical (unpaired) electrons. The number of carbonyl (C=O) groups is 3. The molecule has 2 amide bonds. The molecule has 0 spiro atoms. The molecule has 2 aliphatic rings. The molecule has 25 heavy (non-hydrogen) atoms. The average Bonchev–Trinajstić information content (AvgIpc) is 3.03. The predicted molar refractivity (Wildman–Crippen MR) is 88.6 cm³/mol. The van der Waals surface area contributed by atoms with Crippen LogP contribution in [0.5, 0.6) is 0 Å². The molecule has 0 aliphatic carbocycles. The minimum Gasteiger partial charge on any atom is -0.480 e. The minimum atomic E-state index is -1.08. The zero-order chi connectivity index (χ0) is 18.0. The van der Waals surface area contributed by atoms with E-state index >= 15 is 0 Å². The molecule has 2 aliphatic heterocycles. The van der Waals surface area contributed by atoms with Gasteiger partial charge in [0, 0.05) is 19.5 Å². The van der Waals surface area contributed by atoms with Crippen LogP contribution in [0.1, 0.15) is 24.9 Å². The molecule has 2 saturated heterocycles. The van der Waals surface area contributed by atoms with Crippen molar-refractivity contribution in [2.75, 3.05) is 26.3 Å². The van der Waals surface area contributed by atoms with E-state index in [1.165, 1.54) is 4.90 Å². The summed E-state index contributed by atoms with van der Waals surface area (Å²) in [5, 5.41) is 9.29. The van der Waals surface area contributed by atoms with Crippen molar-refractivity contribution in [3.8, 4) is 0 Å². The van der Waals surface area contributed by atoms with Crippen molar-refractivity contribution in [3.63, 3.8) is 0 Å². The van der Waals surface area contributed by atoms with Crippen molar-refractivity contribution in [3.05, 3.63) is 35.9 Å². The number of hydrogen-bond acceptors (Lipinski definition) is 4. The van der Waals surface area contributed by atoms with E-state index in [0.717, 1.165) is 5.56 Å². The highest BCUT2D eigenvalue weighted by Crippen LogP contribution is 2.30. The standard InChI is InChI=1S/C18H22N2O5/c1-12(13-5-3-2-4-6-13)20-10-14(9-16(20)21)17(22)19-7-8-25-11-15(19)18(23)24/h2-6,12,14-15H,7-11H2,1H3,(H,23,24)/t12-,14-,15-/m1/s1. The van der Waals surface area contributed by atoms with E-state index in [1.807, 2.05) is 37.3 Å². The van der Waals surface area contributed by atoms with E-state index in [0.29, 0.717) is 13.2 Å². The Morgan fingerprint density at radius 3 is 2.68 bits per heavy atom. The molecule has 2 heterocycles. The van der Waals surface area contributed by atoms with Crippen molar-refractivity contribution in [1.29, 1.82) is 0 Å². The monoisotopic (exact) mass is 346 g/mol. The fraction of sp³-hybridized carbons (Fsp3) is 0.500. The van der Waals surface area contributed by atoms with Crippen LogP contribution in [0, 0.1) is 5.92 Å². The second-order valence-electron chi connectivity index (χ2n) is 6.49. The van der Waals surface area contributed by atoms with Gasteiger partial charge in [0.05, 0.1) is 25.2 Å². The van der Waals surface area contributed by atoms with E-state index in [9.17, 15) is 19.5 Å². The SMILES string of the molecule is C[C@H](c1ccccc1)N1C[C@H](C(=O)N2CCOC[C@@H]2C(=O)O)CC1=O. The maximum Gasteiger partial charge on any atom is 0.328 e. The molecule has 1 aromatic rings. The lowest BCUT2D eigenvalue weighted by Gasteiger charge is -2.34. The highest BCUT2D eigenvalue weighted by atomic mass is 16.5. The summed E-state index contributed by atoms with van der Waals surface area (Å²) >= 11 is 0. The topological polar surface area (TPSA) is 87.2 Å². The second-order valence-corrected chi connectivity index (χ2v) is 6.49. The average molecular weight is 346 g/mol. The maximum atomic E-state index is 12.8. The number of morpholine rings is 1. The zero-order valence-electron chi connectivity index (χ0n) is 14.1.